The fraction of sp³-hybridized carbons (Fsp3) is 0.895. The average molecular weight is 441 g/mol. The van der Waals surface area contributed by atoms with Gasteiger partial charge in [0.2, 0.25) is 0 Å². The Morgan fingerprint density at radius 1 is 0.655 bits per heavy atom. The van der Waals surface area contributed by atoms with Crippen molar-refractivity contribution in [2.75, 3.05) is 23.0 Å². The number of aromatic nitrogens is 8. The van der Waals surface area contributed by atoms with Gasteiger partial charge in [0.25, 0.3) is 0 Å². The number of hydrogen-bond donors (Lipinski definition) is 0. The first-order valence-electron chi connectivity index (χ1n) is 10.4. The molecule has 0 aliphatic rings. The van der Waals surface area contributed by atoms with Crippen molar-refractivity contribution in [2.24, 2.45) is 10.8 Å². The van der Waals surface area contributed by atoms with Gasteiger partial charge in [-0.25, -0.2) is 9.36 Å². The van der Waals surface area contributed by atoms with Crippen LogP contribution in [-0.2, 0) is 13.1 Å². The van der Waals surface area contributed by atoms with Gasteiger partial charge in [0.1, 0.15) is 12.7 Å². The zero-order chi connectivity index (χ0) is 21.0. The third-order valence-electron chi connectivity index (χ3n) is 4.82. The maximum absolute atomic E-state index is 3.97. The average Bonchev–Trinajstić information content (AvgIpc) is 3.33. The highest BCUT2D eigenvalue weighted by Crippen LogP contribution is 2.26. The summed E-state index contributed by atoms with van der Waals surface area (Å²) in [6, 6.07) is 0. The zero-order valence-electron chi connectivity index (χ0n) is 18.3. The lowest BCUT2D eigenvalue weighted by molar-refractivity contribution is 0.264. The molecule has 0 bridgehead atoms. The standard InChI is InChI=1S/C19H36N8S2/c1-18(2,14-26-16-20-22-24-26)8-5-10-28-12-7-13-29-11-6-9-19(3,4)15-27-17-21-23-25-27/h16-17H,5-15H2,1-4H3. The molecule has 0 unspecified atom stereocenters. The van der Waals surface area contributed by atoms with E-state index in [9.17, 15) is 0 Å². The Bertz CT molecular complexity index is 587. The fourth-order valence-electron chi connectivity index (χ4n) is 3.31. The predicted octanol–water partition coefficient (Wildman–Crippen LogP) is 3.83. The van der Waals surface area contributed by atoms with Gasteiger partial charge in [-0.15, -0.1) is 10.2 Å². The maximum atomic E-state index is 3.97. The Balaban J connectivity index is 1.39. The third-order valence-corrected chi connectivity index (χ3v) is 7.13. The number of thioether (sulfide) groups is 2. The second kappa shape index (κ2) is 12.5. The Morgan fingerprint density at radius 3 is 1.45 bits per heavy atom. The van der Waals surface area contributed by atoms with E-state index in [2.05, 4.69) is 82.3 Å². The van der Waals surface area contributed by atoms with Gasteiger partial charge in [-0.2, -0.15) is 23.5 Å². The molecule has 0 aliphatic heterocycles. The van der Waals surface area contributed by atoms with E-state index in [4.69, 9.17) is 0 Å². The fourth-order valence-corrected chi connectivity index (χ4v) is 5.30. The number of hydrogen-bond acceptors (Lipinski definition) is 8. The van der Waals surface area contributed by atoms with Crippen molar-refractivity contribution in [2.45, 2.75) is 72.9 Å². The van der Waals surface area contributed by atoms with Gasteiger partial charge < -0.3 is 0 Å². The molecule has 0 radical (unpaired) electrons. The van der Waals surface area contributed by atoms with Gasteiger partial charge in [0, 0.05) is 13.1 Å². The molecule has 164 valence electrons. The van der Waals surface area contributed by atoms with E-state index in [1.54, 1.807) is 12.7 Å². The van der Waals surface area contributed by atoms with Gasteiger partial charge in [0.05, 0.1) is 0 Å². The van der Waals surface area contributed by atoms with Gasteiger partial charge in [0.15, 0.2) is 0 Å². The van der Waals surface area contributed by atoms with Crippen LogP contribution in [0.25, 0.3) is 0 Å². The van der Waals surface area contributed by atoms with E-state index in [0.717, 1.165) is 13.1 Å². The molecule has 0 aliphatic carbocycles. The van der Waals surface area contributed by atoms with Crippen LogP contribution in [-0.4, -0.2) is 63.4 Å². The maximum Gasteiger partial charge on any atom is 0.138 e. The molecule has 2 rings (SSSR count). The van der Waals surface area contributed by atoms with E-state index in [-0.39, 0.29) is 10.8 Å². The molecule has 2 heterocycles. The first-order chi connectivity index (χ1) is 13.9. The number of tetrazole rings is 2. The largest absolute Gasteiger partial charge is 0.232 e. The van der Waals surface area contributed by atoms with Gasteiger partial charge >= 0.3 is 0 Å². The molecule has 10 heteroatoms. The minimum absolute atomic E-state index is 0.240. The molecule has 0 spiro atoms. The number of rotatable bonds is 16. The van der Waals surface area contributed by atoms with Crippen LogP contribution in [0.2, 0.25) is 0 Å². The molecule has 0 atom stereocenters. The summed E-state index contributed by atoms with van der Waals surface area (Å²) in [6.07, 6.45) is 9.61. The Hall–Kier alpha value is -1.16. The highest BCUT2D eigenvalue weighted by atomic mass is 32.2. The highest BCUT2D eigenvalue weighted by molar-refractivity contribution is 8.00. The Kier molecular flexibility index (Phi) is 10.4. The molecular weight excluding hydrogens is 404 g/mol. The van der Waals surface area contributed by atoms with Crippen LogP contribution in [0.5, 0.6) is 0 Å². The van der Waals surface area contributed by atoms with E-state index < -0.39 is 0 Å². The summed E-state index contributed by atoms with van der Waals surface area (Å²) < 4.78 is 3.66. The van der Waals surface area contributed by atoms with Gasteiger partial charge in [-0.05, 0) is 86.8 Å². The van der Waals surface area contributed by atoms with E-state index in [0.29, 0.717) is 0 Å². The smallest absolute Gasteiger partial charge is 0.138 e. The summed E-state index contributed by atoms with van der Waals surface area (Å²) in [7, 11) is 0. The molecule has 0 saturated heterocycles. The summed E-state index contributed by atoms with van der Waals surface area (Å²) in [4.78, 5) is 0. The van der Waals surface area contributed by atoms with Crippen LogP contribution >= 0.6 is 23.5 Å². The molecule has 8 nitrogen and oxygen atoms in total. The topological polar surface area (TPSA) is 87.2 Å². The van der Waals surface area contributed by atoms with E-state index >= 15 is 0 Å². The molecule has 0 saturated carbocycles. The molecule has 0 amide bonds. The molecule has 0 N–H and O–H groups in total. The molecular formula is C19H36N8S2. The summed E-state index contributed by atoms with van der Waals surface area (Å²) in [6.45, 7) is 10.9. The second-order valence-corrected chi connectivity index (χ2v) is 11.6. The van der Waals surface area contributed by atoms with Gasteiger partial charge in [-0.3, -0.25) is 0 Å². The van der Waals surface area contributed by atoms with Crippen molar-refractivity contribution in [3.05, 3.63) is 12.7 Å². The Morgan fingerprint density at radius 2 is 1.07 bits per heavy atom. The van der Waals surface area contributed by atoms with Crippen LogP contribution in [0, 0.1) is 10.8 Å². The monoisotopic (exact) mass is 440 g/mol. The SMILES string of the molecule is CC(C)(CCCSCCCSCCCC(C)(C)Cn1cnnn1)Cn1cnnn1. The summed E-state index contributed by atoms with van der Waals surface area (Å²) in [5, 5.41) is 22.8. The van der Waals surface area contributed by atoms with Crippen LogP contribution < -0.4 is 0 Å². The summed E-state index contributed by atoms with van der Waals surface area (Å²) in [5.74, 6) is 5.03. The van der Waals surface area contributed by atoms with E-state index in [1.165, 1.54) is 55.1 Å². The lowest BCUT2D eigenvalue weighted by Gasteiger charge is -2.23. The third kappa shape index (κ3) is 11.0. The molecule has 0 aromatic carbocycles. The van der Waals surface area contributed by atoms with Crippen molar-refractivity contribution < 1.29 is 0 Å². The summed E-state index contributed by atoms with van der Waals surface area (Å²) in [5.41, 5.74) is 0.480. The second-order valence-electron chi connectivity index (χ2n) is 9.13. The van der Waals surface area contributed by atoms with Crippen LogP contribution in [0.3, 0.4) is 0 Å². The molecule has 2 aromatic rings. The van der Waals surface area contributed by atoms with Crippen molar-refractivity contribution in [3.8, 4) is 0 Å². The normalized spacial score (nSPS) is 12.6. The quantitative estimate of drug-likeness (QED) is 0.364. The van der Waals surface area contributed by atoms with Crippen LogP contribution in [0.4, 0.5) is 0 Å². The lowest BCUT2D eigenvalue weighted by Crippen LogP contribution is -2.20. The highest BCUT2D eigenvalue weighted by Gasteiger charge is 2.19. The molecule has 2 aromatic heterocycles. The molecule has 0 fully saturated rings. The minimum Gasteiger partial charge on any atom is -0.232 e. The van der Waals surface area contributed by atoms with Gasteiger partial charge in [-0.1, -0.05) is 27.7 Å². The van der Waals surface area contributed by atoms with Crippen molar-refractivity contribution in [1.29, 1.82) is 0 Å². The van der Waals surface area contributed by atoms with Crippen LogP contribution in [0.1, 0.15) is 59.8 Å². The predicted molar refractivity (Wildman–Crippen MR) is 121 cm³/mol. The molecule has 29 heavy (non-hydrogen) atoms. The van der Waals surface area contributed by atoms with Crippen molar-refractivity contribution >= 4 is 23.5 Å². The van der Waals surface area contributed by atoms with Crippen LogP contribution in [0.15, 0.2) is 12.7 Å². The Labute approximate surface area is 183 Å². The van der Waals surface area contributed by atoms with Crippen molar-refractivity contribution in [3.63, 3.8) is 0 Å². The summed E-state index contributed by atoms with van der Waals surface area (Å²) >= 11 is 4.18. The zero-order valence-corrected chi connectivity index (χ0v) is 20.0. The van der Waals surface area contributed by atoms with Crippen molar-refractivity contribution in [1.82, 2.24) is 40.4 Å². The lowest BCUT2D eigenvalue weighted by atomic mass is 9.88. The minimum atomic E-state index is 0.240. The first kappa shape index (κ1) is 24.1. The first-order valence-corrected chi connectivity index (χ1v) is 12.7. The number of nitrogens with zero attached hydrogens (tertiary/aromatic N) is 8. The van der Waals surface area contributed by atoms with E-state index in [1.807, 2.05) is 9.36 Å².